The second-order valence-corrected chi connectivity index (χ2v) is 5.51. The lowest BCUT2D eigenvalue weighted by Gasteiger charge is -1.98. The third-order valence-electron chi connectivity index (χ3n) is 2.68. The third kappa shape index (κ3) is 3.65. The fourth-order valence-corrected chi connectivity index (χ4v) is 2.67. The molecule has 0 radical (unpaired) electrons. The van der Waals surface area contributed by atoms with Crippen molar-refractivity contribution in [1.82, 2.24) is 20.1 Å². The van der Waals surface area contributed by atoms with Crippen LogP contribution in [-0.2, 0) is 19.5 Å². The minimum absolute atomic E-state index is 0.755. The molecule has 1 N–H and O–H groups in total. The number of thiophene rings is 1. The molecule has 0 aliphatic rings. The van der Waals surface area contributed by atoms with Crippen molar-refractivity contribution in [3.8, 4) is 0 Å². The molecule has 0 unspecified atom stereocenters. The summed E-state index contributed by atoms with van der Waals surface area (Å²) in [5, 5.41) is 7.77. The molecule has 2 aromatic heterocycles. The maximum atomic E-state index is 4.46. The van der Waals surface area contributed by atoms with Gasteiger partial charge in [-0.3, -0.25) is 0 Å². The molecule has 0 bridgehead atoms. The molecular weight excluding hydrogens is 244 g/mol. The summed E-state index contributed by atoms with van der Waals surface area (Å²) in [6.07, 6.45) is 4.05. The summed E-state index contributed by atoms with van der Waals surface area (Å²) in [6.45, 7) is 6.93. The number of nitrogens with zero attached hydrogens (tertiary/aromatic N) is 3. The van der Waals surface area contributed by atoms with Gasteiger partial charge in [-0.05, 0) is 31.5 Å². The number of hydrogen-bond acceptors (Lipinski definition) is 4. The van der Waals surface area contributed by atoms with E-state index in [4.69, 9.17) is 0 Å². The average molecular weight is 264 g/mol. The molecule has 4 nitrogen and oxygen atoms in total. The van der Waals surface area contributed by atoms with Gasteiger partial charge in [-0.15, -0.1) is 11.3 Å². The van der Waals surface area contributed by atoms with Gasteiger partial charge in [0.2, 0.25) is 0 Å². The molecule has 5 heteroatoms. The van der Waals surface area contributed by atoms with Crippen LogP contribution in [0.25, 0.3) is 0 Å². The Kier molecular flexibility index (Phi) is 4.90. The Morgan fingerprint density at radius 3 is 2.83 bits per heavy atom. The lowest BCUT2D eigenvalue weighted by atomic mass is 10.4. The summed E-state index contributed by atoms with van der Waals surface area (Å²) in [4.78, 5) is 7.07. The zero-order valence-corrected chi connectivity index (χ0v) is 11.8. The van der Waals surface area contributed by atoms with E-state index in [1.165, 1.54) is 9.75 Å². The van der Waals surface area contributed by atoms with Crippen molar-refractivity contribution in [1.29, 1.82) is 0 Å². The van der Waals surface area contributed by atoms with Gasteiger partial charge in [0.25, 0.3) is 0 Å². The zero-order chi connectivity index (χ0) is 12.8. The van der Waals surface area contributed by atoms with Crippen molar-refractivity contribution < 1.29 is 0 Å². The highest BCUT2D eigenvalue weighted by Crippen LogP contribution is 2.17. The predicted octanol–water partition coefficient (Wildman–Crippen LogP) is 2.45. The number of aryl methyl sites for hydroxylation is 1. The van der Waals surface area contributed by atoms with Crippen LogP contribution in [0.2, 0.25) is 0 Å². The van der Waals surface area contributed by atoms with Gasteiger partial charge < -0.3 is 5.32 Å². The smallest absolute Gasteiger partial charge is 0.164 e. The lowest BCUT2D eigenvalue weighted by Crippen LogP contribution is -2.15. The fraction of sp³-hybridized carbons (Fsp3) is 0.538. The maximum absolute atomic E-state index is 4.46. The Balaban J connectivity index is 1.89. The summed E-state index contributed by atoms with van der Waals surface area (Å²) >= 11 is 1.85. The van der Waals surface area contributed by atoms with Gasteiger partial charge in [0.1, 0.15) is 6.33 Å². The number of nitrogens with one attached hydrogen (secondary N) is 1. The lowest BCUT2D eigenvalue weighted by molar-refractivity contribution is 0.627. The summed E-state index contributed by atoms with van der Waals surface area (Å²) in [5.74, 6) is 0.871. The van der Waals surface area contributed by atoms with Crippen LogP contribution in [0.1, 0.15) is 35.8 Å². The van der Waals surface area contributed by atoms with Gasteiger partial charge in [0, 0.05) is 9.75 Å². The number of rotatable bonds is 7. The van der Waals surface area contributed by atoms with Gasteiger partial charge in [0.05, 0.1) is 13.1 Å². The topological polar surface area (TPSA) is 42.7 Å². The van der Waals surface area contributed by atoms with E-state index in [-0.39, 0.29) is 0 Å². The van der Waals surface area contributed by atoms with E-state index in [0.717, 1.165) is 38.3 Å². The Morgan fingerprint density at radius 1 is 1.28 bits per heavy atom. The van der Waals surface area contributed by atoms with Crippen molar-refractivity contribution in [2.75, 3.05) is 6.54 Å². The molecular formula is C13H20N4S. The Bertz CT molecular complexity index is 475. The third-order valence-corrected chi connectivity index (χ3v) is 3.89. The molecule has 2 aromatic rings. The second kappa shape index (κ2) is 6.66. The normalized spacial score (nSPS) is 11.0. The molecule has 0 atom stereocenters. The minimum Gasteiger partial charge on any atom is -0.310 e. The first-order valence-corrected chi connectivity index (χ1v) is 7.30. The molecule has 98 valence electrons. The van der Waals surface area contributed by atoms with Crippen LogP contribution in [0.15, 0.2) is 18.5 Å². The first-order chi connectivity index (χ1) is 8.81. The summed E-state index contributed by atoms with van der Waals surface area (Å²) in [6, 6.07) is 4.38. The molecule has 0 aromatic carbocycles. The van der Waals surface area contributed by atoms with Crippen LogP contribution >= 0.6 is 11.3 Å². The van der Waals surface area contributed by atoms with E-state index in [0.29, 0.717) is 0 Å². The zero-order valence-electron chi connectivity index (χ0n) is 11.0. The standard InChI is InChI=1S/C13H20N4S/c1-3-7-14-8-13-15-10-17(16-13)9-12-6-5-11(4-2)18-12/h5-6,10,14H,3-4,7-9H2,1-2H3. The van der Waals surface area contributed by atoms with Crippen LogP contribution in [0.5, 0.6) is 0 Å². The van der Waals surface area contributed by atoms with Crippen molar-refractivity contribution in [3.63, 3.8) is 0 Å². The van der Waals surface area contributed by atoms with Gasteiger partial charge in [-0.25, -0.2) is 9.67 Å². The van der Waals surface area contributed by atoms with Gasteiger partial charge in [-0.2, -0.15) is 5.10 Å². The van der Waals surface area contributed by atoms with E-state index in [2.05, 4.69) is 41.4 Å². The van der Waals surface area contributed by atoms with E-state index >= 15 is 0 Å². The van der Waals surface area contributed by atoms with Crippen LogP contribution in [0.3, 0.4) is 0 Å². The van der Waals surface area contributed by atoms with E-state index in [1.54, 1.807) is 0 Å². The Morgan fingerprint density at radius 2 is 2.11 bits per heavy atom. The van der Waals surface area contributed by atoms with Crippen LogP contribution in [0, 0.1) is 0 Å². The van der Waals surface area contributed by atoms with Gasteiger partial charge >= 0.3 is 0 Å². The van der Waals surface area contributed by atoms with Crippen molar-refractivity contribution in [2.24, 2.45) is 0 Å². The summed E-state index contributed by atoms with van der Waals surface area (Å²) in [7, 11) is 0. The highest BCUT2D eigenvalue weighted by atomic mass is 32.1. The highest BCUT2D eigenvalue weighted by molar-refractivity contribution is 7.11. The maximum Gasteiger partial charge on any atom is 0.164 e. The quantitative estimate of drug-likeness (QED) is 0.781. The number of aromatic nitrogens is 3. The molecule has 0 aliphatic carbocycles. The van der Waals surface area contributed by atoms with Gasteiger partial charge in [0.15, 0.2) is 5.82 Å². The fourth-order valence-electron chi connectivity index (χ4n) is 1.72. The Hall–Kier alpha value is -1.20. The van der Waals surface area contributed by atoms with Crippen LogP contribution < -0.4 is 5.32 Å². The van der Waals surface area contributed by atoms with E-state index in [9.17, 15) is 0 Å². The monoisotopic (exact) mass is 264 g/mol. The van der Waals surface area contributed by atoms with E-state index < -0.39 is 0 Å². The van der Waals surface area contributed by atoms with E-state index in [1.807, 2.05) is 22.3 Å². The van der Waals surface area contributed by atoms with Crippen molar-refractivity contribution in [3.05, 3.63) is 34.0 Å². The number of hydrogen-bond donors (Lipinski definition) is 1. The molecule has 2 rings (SSSR count). The summed E-state index contributed by atoms with van der Waals surface area (Å²) in [5.41, 5.74) is 0. The largest absolute Gasteiger partial charge is 0.310 e. The van der Waals surface area contributed by atoms with Gasteiger partial charge in [-0.1, -0.05) is 13.8 Å². The predicted molar refractivity (Wildman–Crippen MR) is 74.8 cm³/mol. The highest BCUT2D eigenvalue weighted by Gasteiger charge is 2.03. The first kappa shape index (κ1) is 13.2. The molecule has 0 saturated heterocycles. The Labute approximate surface area is 112 Å². The van der Waals surface area contributed by atoms with Crippen LogP contribution in [0.4, 0.5) is 0 Å². The molecule has 2 heterocycles. The molecule has 0 amide bonds. The molecule has 0 spiro atoms. The first-order valence-electron chi connectivity index (χ1n) is 6.48. The van der Waals surface area contributed by atoms with Crippen molar-refractivity contribution in [2.45, 2.75) is 39.8 Å². The average Bonchev–Trinajstić information content (AvgIpc) is 3.00. The molecule has 0 saturated carbocycles. The SMILES string of the molecule is CCCNCc1ncn(Cc2ccc(CC)s2)n1. The van der Waals surface area contributed by atoms with Crippen LogP contribution in [-0.4, -0.2) is 21.3 Å². The second-order valence-electron chi connectivity index (χ2n) is 4.26. The minimum atomic E-state index is 0.755. The molecule has 0 fully saturated rings. The van der Waals surface area contributed by atoms with Crippen molar-refractivity contribution >= 4 is 11.3 Å². The summed E-state index contributed by atoms with van der Waals surface area (Å²) < 4.78 is 1.91. The molecule has 18 heavy (non-hydrogen) atoms. The molecule has 0 aliphatic heterocycles.